The SMILES string of the molecule is c1ccc(C2=NC(c3cccc4oc5c(-c6cccc7ccccc67)cccc5c34)N=C(c3ccc(-c4ccccc4)cc3)N2)cc1. The minimum Gasteiger partial charge on any atom is -0.455 e. The maximum absolute atomic E-state index is 6.68. The van der Waals surface area contributed by atoms with Crippen LogP contribution in [0, 0.1) is 0 Å². The highest BCUT2D eigenvalue weighted by molar-refractivity contribution is 6.17. The topological polar surface area (TPSA) is 49.9 Å². The molecule has 0 saturated carbocycles. The Morgan fingerprint density at radius 2 is 1.00 bits per heavy atom. The van der Waals surface area contributed by atoms with Crippen LogP contribution in [-0.2, 0) is 0 Å². The van der Waals surface area contributed by atoms with Crippen molar-refractivity contribution in [2.75, 3.05) is 0 Å². The predicted molar refractivity (Wildman–Crippen MR) is 194 cm³/mol. The number of fused-ring (bicyclic) bond motifs is 4. The molecule has 2 heterocycles. The third kappa shape index (κ3) is 4.79. The lowest BCUT2D eigenvalue weighted by molar-refractivity contribution is 0.668. The van der Waals surface area contributed by atoms with E-state index in [-0.39, 0.29) is 0 Å². The molecular weight excluding hydrogens is 574 g/mol. The Kier molecular flexibility index (Phi) is 6.50. The zero-order chi connectivity index (χ0) is 31.2. The number of nitrogens with zero attached hydrogens (tertiary/aromatic N) is 2. The zero-order valence-electron chi connectivity index (χ0n) is 25.5. The zero-order valence-corrected chi connectivity index (χ0v) is 25.5. The molecule has 4 heteroatoms. The molecule has 0 bridgehead atoms. The molecule has 1 aliphatic rings. The van der Waals surface area contributed by atoms with Crippen molar-refractivity contribution in [3.8, 4) is 22.3 Å². The molecule has 1 unspecified atom stereocenters. The van der Waals surface area contributed by atoms with E-state index < -0.39 is 6.17 Å². The van der Waals surface area contributed by atoms with Gasteiger partial charge in [-0.15, -0.1) is 0 Å². The van der Waals surface area contributed by atoms with Crippen molar-refractivity contribution in [2.45, 2.75) is 6.17 Å². The van der Waals surface area contributed by atoms with Gasteiger partial charge in [0.25, 0.3) is 0 Å². The summed E-state index contributed by atoms with van der Waals surface area (Å²) in [6.07, 6.45) is -0.471. The number of amidine groups is 2. The van der Waals surface area contributed by atoms with Crippen LogP contribution >= 0.6 is 0 Å². The second-order valence-electron chi connectivity index (χ2n) is 11.8. The molecular formula is C43H29N3O. The standard InChI is InChI=1S/C43H29N3O/c1-3-12-28(13-4-1)29-24-26-32(27-25-29)42-44-41(31-15-5-2-6-16-31)45-43(46-42)37-22-11-23-38-39(37)36-21-10-20-35(40(36)47-38)34-19-9-17-30-14-7-8-18-33(30)34/h1-27,43H,(H,44,45,46). The van der Waals surface area contributed by atoms with Crippen molar-refractivity contribution >= 4 is 44.4 Å². The lowest BCUT2D eigenvalue weighted by Gasteiger charge is -2.23. The van der Waals surface area contributed by atoms with E-state index in [9.17, 15) is 0 Å². The first kappa shape index (κ1) is 27.1. The lowest BCUT2D eigenvalue weighted by atomic mass is 9.96. The van der Waals surface area contributed by atoms with E-state index in [0.717, 1.165) is 67.0 Å². The number of hydrogen-bond donors (Lipinski definition) is 1. The summed E-state index contributed by atoms with van der Waals surface area (Å²) in [5.41, 5.74) is 9.28. The first-order chi connectivity index (χ1) is 23.3. The van der Waals surface area contributed by atoms with Crippen LogP contribution in [0.25, 0.3) is 55.0 Å². The Hall–Kier alpha value is -6.26. The Labute approximate surface area is 272 Å². The number of furan rings is 1. The second kappa shape index (κ2) is 11.3. The van der Waals surface area contributed by atoms with Crippen molar-refractivity contribution in [1.82, 2.24) is 5.32 Å². The predicted octanol–water partition coefficient (Wildman–Crippen LogP) is 10.6. The van der Waals surface area contributed by atoms with Gasteiger partial charge < -0.3 is 9.73 Å². The van der Waals surface area contributed by atoms with Crippen molar-refractivity contribution < 1.29 is 4.42 Å². The van der Waals surface area contributed by atoms with Gasteiger partial charge in [-0.1, -0.05) is 158 Å². The highest BCUT2D eigenvalue weighted by atomic mass is 16.3. The van der Waals surface area contributed by atoms with E-state index >= 15 is 0 Å². The van der Waals surface area contributed by atoms with E-state index in [1.165, 1.54) is 16.3 Å². The first-order valence-electron chi connectivity index (χ1n) is 15.9. The lowest BCUT2D eigenvalue weighted by Crippen LogP contribution is -2.36. The van der Waals surface area contributed by atoms with E-state index in [1.807, 2.05) is 36.4 Å². The van der Waals surface area contributed by atoms with Gasteiger partial charge in [0.1, 0.15) is 22.8 Å². The minimum absolute atomic E-state index is 0.471. The maximum atomic E-state index is 6.68. The summed E-state index contributed by atoms with van der Waals surface area (Å²) >= 11 is 0. The average molecular weight is 604 g/mol. The van der Waals surface area contributed by atoms with Gasteiger partial charge in [0.15, 0.2) is 6.17 Å². The Balaban J connectivity index is 1.20. The maximum Gasteiger partial charge on any atom is 0.170 e. The molecule has 0 fully saturated rings. The van der Waals surface area contributed by atoms with Crippen LogP contribution in [0.15, 0.2) is 178 Å². The quantitative estimate of drug-likeness (QED) is 0.213. The molecule has 0 aliphatic carbocycles. The monoisotopic (exact) mass is 603 g/mol. The molecule has 9 rings (SSSR count). The fourth-order valence-corrected chi connectivity index (χ4v) is 6.69. The van der Waals surface area contributed by atoms with Crippen molar-refractivity contribution in [3.05, 3.63) is 180 Å². The molecule has 0 amide bonds. The summed E-state index contributed by atoms with van der Waals surface area (Å²) in [6, 6.07) is 56.8. The summed E-state index contributed by atoms with van der Waals surface area (Å²) in [6.45, 7) is 0. The number of para-hydroxylation sites is 1. The number of nitrogens with one attached hydrogen (secondary N) is 1. The summed E-state index contributed by atoms with van der Waals surface area (Å²) in [5.74, 6) is 1.57. The van der Waals surface area contributed by atoms with Gasteiger partial charge in [0.2, 0.25) is 0 Å². The van der Waals surface area contributed by atoms with Gasteiger partial charge >= 0.3 is 0 Å². The van der Waals surface area contributed by atoms with E-state index in [4.69, 9.17) is 14.4 Å². The van der Waals surface area contributed by atoms with Gasteiger partial charge in [0, 0.05) is 33.0 Å². The van der Waals surface area contributed by atoms with Gasteiger partial charge in [-0.3, -0.25) is 0 Å². The number of aliphatic imine (C=N–C) groups is 2. The first-order valence-corrected chi connectivity index (χ1v) is 15.9. The second-order valence-corrected chi connectivity index (χ2v) is 11.8. The summed E-state index contributed by atoms with van der Waals surface area (Å²) in [5, 5.41) is 8.04. The van der Waals surface area contributed by atoms with Crippen molar-refractivity contribution in [3.63, 3.8) is 0 Å². The van der Waals surface area contributed by atoms with Crippen LogP contribution in [0.4, 0.5) is 0 Å². The molecule has 47 heavy (non-hydrogen) atoms. The van der Waals surface area contributed by atoms with Crippen LogP contribution < -0.4 is 5.32 Å². The number of hydrogen-bond acceptors (Lipinski definition) is 4. The van der Waals surface area contributed by atoms with Crippen LogP contribution in [-0.4, -0.2) is 11.7 Å². The summed E-state index contributed by atoms with van der Waals surface area (Å²) in [4.78, 5) is 10.4. The van der Waals surface area contributed by atoms with Gasteiger partial charge in [-0.25, -0.2) is 9.98 Å². The van der Waals surface area contributed by atoms with Gasteiger partial charge in [-0.05, 0) is 33.5 Å². The molecule has 7 aromatic carbocycles. The summed E-state index contributed by atoms with van der Waals surface area (Å²) < 4.78 is 6.68. The molecule has 8 aromatic rings. The van der Waals surface area contributed by atoms with Crippen molar-refractivity contribution in [2.24, 2.45) is 9.98 Å². The Morgan fingerprint density at radius 1 is 0.447 bits per heavy atom. The molecule has 0 saturated heterocycles. The van der Waals surface area contributed by atoms with E-state index in [1.54, 1.807) is 0 Å². The van der Waals surface area contributed by atoms with E-state index in [0.29, 0.717) is 0 Å². The van der Waals surface area contributed by atoms with Gasteiger partial charge in [0.05, 0.1) is 0 Å². The van der Waals surface area contributed by atoms with Gasteiger partial charge in [-0.2, -0.15) is 0 Å². The van der Waals surface area contributed by atoms with Crippen LogP contribution in [0.5, 0.6) is 0 Å². The Morgan fingerprint density at radius 3 is 1.79 bits per heavy atom. The molecule has 4 nitrogen and oxygen atoms in total. The Bertz CT molecular complexity index is 2470. The fourth-order valence-electron chi connectivity index (χ4n) is 6.69. The average Bonchev–Trinajstić information content (AvgIpc) is 3.55. The fraction of sp³-hybridized carbons (Fsp3) is 0.0233. The van der Waals surface area contributed by atoms with E-state index in [2.05, 4.69) is 133 Å². The van der Waals surface area contributed by atoms with Crippen LogP contribution in [0.2, 0.25) is 0 Å². The number of rotatable bonds is 5. The highest BCUT2D eigenvalue weighted by Crippen LogP contribution is 2.41. The molecule has 222 valence electrons. The molecule has 0 radical (unpaired) electrons. The van der Waals surface area contributed by atoms with Crippen molar-refractivity contribution in [1.29, 1.82) is 0 Å². The molecule has 1 N–H and O–H groups in total. The normalized spacial score (nSPS) is 14.6. The largest absolute Gasteiger partial charge is 0.455 e. The molecule has 1 aliphatic heterocycles. The number of benzene rings is 7. The molecule has 1 atom stereocenters. The minimum atomic E-state index is -0.471. The third-order valence-electron chi connectivity index (χ3n) is 8.97. The molecule has 1 aromatic heterocycles. The van der Waals surface area contributed by atoms with Crippen LogP contribution in [0.1, 0.15) is 22.9 Å². The molecule has 0 spiro atoms. The summed E-state index contributed by atoms with van der Waals surface area (Å²) in [7, 11) is 0. The highest BCUT2D eigenvalue weighted by Gasteiger charge is 2.25. The smallest absolute Gasteiger partial charge is 0.170 e. The third-order valence-corrected chi connectivity index (χ3v) is 8.97. The van der Waals surface area contributed by atoms with Crippen LogP contribution in [0.3, 0.4) is 0 Å².